The Bertz CT molecular complexity index is 1220. The Kier molecular flexibility index (Phi) is 5.46. The van der Waals surface area contributed by atoms with Gasteiger partial charge in [0, 0.05) is 44.1 Å². The van der Waals surface area contributed by atoms with Crippen LogP contribution >= 0.6 is 11.3 Å². The zero-order valence-electron chi connectivity index (χ0n) is 18.7. The van der Waals surface area contributed by atoms with Crippen molar-refractivity contribution in [3.8, 4) is 10.6 Å². The minimum absolute atomic E-state index is 0.00937. The Hall–Kier alpha value is -2.15. The van der Waals surface area contributed by atoms with Crippen molar-refractivity contribution >= 4 is 33.2 Å². The number of hydrogen-bond donors (Lipinski definition) is 1. The molecule has 9 nitrogen and oxygen atoms in total. The number of hydrogen-bond acceptors (Lipinski definition) is 8. The van der Waals surface area contributed by atoms with E-state index in [-0.39, 0.29) is 17.6 Å². The van der Waals surface area contributed by atoms with Gasteiger partial charge in [-0.05, 0) is 25.3 Å². The van der Waals surface area contributed by atoms with Crippen LogP contribution in [-0.2, 0) is 20.3 Å². The first-order chi connectivity index (χ1) is 15.6. The monoisotopic (exact) mass is 495 g/mol. The van der Waals surface area contributed by atoms with E-state index in [2.05, 4.69) is 15.3 Å². The molecule has 1 amide bonds. The maximum absolute atomic E-state index is 14.9. The van der Waals surface area contributed by atoms with Crippen LogP contribution in [0.15, 0.2) is 6.20 Å². The van der Waals surface area contributed by atoms with Gasteiger partial charge in [-0.2, -0.15) is 0 Å². The van der Waals surface area contributed by atoms with Crippen LogP contribution in [0.25, 0.3) is 10.6 Å². The van der Waals surface area contributed by atoms with Crippen molar-refractivity contribution in [1.29, 1.82) is 0 Å². The molecular weight excluding hydrogens is 469 g/mol. The van der Waals surface area contributed by atoms with Crippen LogP contribution in [0.4, 0.5) is 10.3 Å². The number of halogens is 1. The molecule has 1 unspecified atom stereocenters. The number of rotatable bonds is 4. The quantitative estimate of drug-likeness (QED) is 0.693. The highest BCUT2D eigenvalue weighted by Crippen LogP contribution is 2.51. The fourth-order valence-electron chi connectivity index (χ4n) is 4.95. The molecule has 0 aromatic carbocycles. The third kappa shape index (κ3) is 3.63. The molecule has 0 saturated carbocycles. The third-order valence-corrected chi connectivity index (χ3v) is 9.74. The molecule has 0 radical (unpaired) electrons. The Balaban J connectivity index is 1.43. The van der Waals surface area contributed by atoms with E-state index in [1.807, 2.05) is 6.92 Å². The van der Waals surface area contributed by atoms with E-state index >= 15 is 0 Å². The van der Waals surface area contributed by atoms with Crippen molar-refractivity contribution in [3.05, 3.63) is 28.0 Å². The Morgan fingerprint density at radius 2 is 2.06 bits per heavy atom. The molecule has 178 valence electrons. The zero-order chi connectivity index (χ0) is 23.5. The summed E-state index contributed by atoms with van der Waals surface area (Å²) in [5.41, 5.74) is 1.03. The molecule has 1 atom stereocenters. The summed E-state index contributed by atoms with van der Waals surface area (Å²) < 4.78 is 45.4. The van der Waals surface area contributed by atoms with E-state index in [1.54, 1.807) is 11.9 Å². The van der Waals surface area contributed by atoms with Gasteiger partial charge >= 0.3 is 0 Å². The van der Waals surface area contributed by atoms with Crippen LogP contribution in [0.5, 0.6) is 0 Å². The number of ether oxygens (including phenoxy) is 1. The zero-order valence-corrected chi connectivity index (χ0v) is 20.4. The lowest BCUT2D eigenvalue weighted by Gasteiger charge is -2.30. The minimum atomic E-state index is -3.21. The van der Waals surface area contributed by atoms with Gasteiger partial charge in [-0.25, -0.2) is 27.1 Å². The maximum atomic E-state index is 14.9. The van der Waals surface area contributed by atoms with Crippen molar-refractivity contribution in [3.63, 3.8) is 0 Å². The lowest BCUT2D eigenvalue weighted by atomic mass is 9.96. The second kappa shape index (κ2) is 7.97. The summed E-state index contributed by atoms with van der Waals surface area (Å²) >= 11 is 1.40. The predicted molar refractivity (Wildman–Crippen MR) is 122 cm³/mol. The van der Waals surface area contributed by atoms with Gasteiger partial charge in [0.25, 0.3) is 5.91 Å². The number of nitrogens with zero attached hydrogens (tertiary/aromatic N) is 4. The number of aromatic nitrogens is 2. The number of amides is 1. The molecule has 3 aliphatic heterocycles. The number of likely N-dealkylation sites (N-methyl/N-ethyl adjacent to an activating group) is 1. The average molecular weight is 496 g/mol. The number of carbonyl (C=O) groups is 1. The molecule has 2 aromatic rings. The minimum Gasteiger partial charge on any atom is -0.379 e. The van der Waals surface area contributed by atoms with E-state index in [0.29, 0.717) is 62.0 Å². The molecule has 5 heterocycles. The van der Waals surface area contributed by atoms with Gasteiger partial charge in [0.15, 0.2) is 5.82 Å². The van der Waals surface area contributed by atoms with Gasteiger partial charge in [-0.3, -0.25) is 4.79 Å². The number of piperidine rings is 1. The Morgan fingerprint density at radius 3 is 2.70 bits per heavy atom. The molecule has 5 rings (SSSR count). The van der Waals surface area contributed by atoms with Crippen molar-refractivity contribution in [2.24, 2.45) is 0 Å². The van der Waals surface area contributed by atoms with Crippen LogP contribution < -0.4 is 5.32 Å². The predicted octanol–water partition coefficient (Wildman–Crippen LogP) is 2.19. The van der Waals surface area contributed by atoms with Gasteiger partial charge in [0.05, 0.1) is 29.5 Å². The number of nitrogens with one attached hydrogen (secondary N) is 1. The summed E-state index contributed by atoms with van der Waals surface area (Å²) in [6.45, 7) is 3.69. The average Bonchev–Trinajstić information content (AvgIpc) is 3.44. The second-order valence-corrected chi connectivity index (χ2v) is 11.9. The summed E-state index contributed by atoms with van der Waals surface area (Å²) in [6.07, 6.45) is 4.29. The molecule has 3 aliphatic rings. The van der Waals surface area contributed by atoms with Crippen molar-refractivity contribution in [2.75, 3.05) is 44.9 Å². The molecule has 2 saturated heterocycles. The summed E-state index contributed by atoms with van der Waals surface area (Å²) in [4.78, 5) is 24.9. The van der Waals surface area contributed by atoms with Crippen LogP contribution in [0, 0.1) is 12.7 Å². The highest BCUT2D eigenvalue weighted by molar-refractivity contribution is 7.88. The molecule has 0 aliphatic carbocycles. The molecule has 1 N–H and O–H groups in total. The SMILES string of the molecule is Cc1c(-c2nc(NC3CCN(S(C)(=O)=O)CC3)ncc2F)sc2c1C(=O)N(C)C21CCOC1. The lowest BCUT2D eigenvalue weighted by Crippen LogP contribution is -2.42. The molecule has 2 aromatic heterocycles. The van der Waals surface area contributed by atoms with Gasteiger partial charge in [0.2, 0.25) is 16.0 Å². The Labute approximate surface area is 196 Å². The van der Waals surface area contributed by atoms with Crippen molar-refractivity contribution in [1.82, 2.24) is 19.2 Å². The first-order valence-electron chi connectivity index (χ1n) is 10.9. The largest absolute Gasteiger partial charge is 0.379 e. The first-order valence-corrected chi connectivity index (χ1v) is 13.5. The number of sulfonamides is 1. The summed E-state index contributed by atoms with van der Waals surface area (Å²) in [7, 11) is -1.41. The van der Waals surface area contributed by atoms with Gasteiger partial charge < -0.3 is 15.0 Å². The molecule has 33 heavy (non-hydrogen) atoms. The van der Waals surface area contributed by atoms with Gasteiger partial charge in [0.1, 0.15) is 11.2 Å². The smallest absolute Gasteiger partial charge is 0.255 e. The molecule has 1 spiro atoms. The van der Waals surface area contributed by atoms with E-state index < -0.39 is 21.4 Å². The second-order valence-electron chi connectivity index (χ2n) is 8.93. The van der Waals surface area contributed by atoms with Gasteiger partial charge in [-0.1, -0.05) is 0 Å². The summed E-state index contributed by atoms with van der Waals surface area (Å²) in [5, 5.41) is 3.22. The van der Waals surface area contributed by atoms with Gasteiger partial charge in [-0.15, -0.1) is 11.3 Å². The van der Waals surface area contributed by atoms with Crippen LogP contribution in [0.3, 0.4) is 0 Å². The molecule has 0 bridgehead atoms. The topological polar surface area (TPSA) is 105 Å². The highest BCUT2D eigenvalue weighted by Gasteiger charge is 2.53. The summed E-state index contributed by atoms with van der Waals surface area (Å²) in [5.74, 6) is -0.325. The highest BCUT2D eigenvalue weighted by atomic mass is 32.2. The lowest BCUT2D eigenvalue weighted by molar-refractivity contribution is 0.0587. The molecule has 2 fully saturated rings. The number of carbonyl (C=O) groups excluding carboxylic acids is 1. The normalized spacial score (nSPS) is 24.1. The molecular formula is C21H26FN5O4S2. The molecule has 12 heteroatoms. The van der Waals surface area contributed by atoms with E-state index in [1.165, 1.54) is 21.9 Å². The number of fused-ring (bicyclic) bond motifs is 2. The van der Waals surface area contributed by atoms with E-state index in [9.17, 15) is 17.6 Å². The van der Waals surface area contributed by atoms with E-state index in [4.69, 9.17) is 4.74 Å². The van der Waals surface area contributed by atoms with Crippen LogP contribution in [-0.4, -0.2) is 79.1 Å². The van der Waals surface area contributed by atoms with Crippen LogP contribution in [0.1, 0.15) is 40.1 Å². The van der Waals surface area contributed by atoms with Crippen molar-refractivity contribution in [2.45, 2.75) is 37.8 Å². The first kappa shape index (κ1) is 22.6. The van der Waals surface area contributed by atoms with Crippen molar-refractivity contribution < 1.29 is 22.3 Å². The van der Waals surface area contributed by atoms with E-state index in [0.717, 1.165) is 16.6 Å². The number of anilines is 1. The fraction of sp³-hybridized carbons (Fsp3) is 0.571. The third-order valence-electron chi connectivity index (χ3n) is 6.95. The fourth-order valence-corrected chi connectivity index (χ4v) is 7.35. The summed E-state index contributed by atoms with van der Waals surface area (Å²) in [6, 6.07) is -0.00937. The number of thiophene rings is 1. The van der Waals surface area contributed by atoms with Crippen LogP contribution in [0.2, 0.25) is 0 Å². The Morgan fingerprint density at radius 1 is 1.33 bits per heavy atom. The maximum Gasteiger partial charge on any atom is 0.255 e. The standard InChI is InChI=1S/C21H26FN5O4S2/c1-12-15-18(21(6-9-31-11-21)26(2)19(15)28)32-17(12)16-14(22)10-23-20(25-16)24-13-4-7-27(8-5-13)33(3,29)30/h10,13H,4-9,11H2,1-3H3,(H,23,24,25).